The number of halogens is 4. The molecule has 0 radical (unpaired) electrons. The summed E-state index contributed by atoms with van der Waals surface area (Å²) in [5.41, 5.74) is 1.02. The predicted molar refractivity (Wildman–Crippen MR) is 94.0 cm³/mol. The predicted octanol–water partition coefficient (Wildman–Crippen LogP) is 4.23. The maximum absolute atomic E-state index is 13.3. The van der Waals surface area contributed by atoms with Crippen molar-refractivity contribution in [3.05, 3.63) is 69.2 Å². The van der Waals surface area contributed by atoms with Gasteiger partial charge in [0.2, 0.25) is 0 Å². The molecule has 1 aliphatic heterocycles. The van der Waals surface area contributed by atoms with Gasteiger partial charge in [0.15, 0.2) is 11.6 Å². The number of benzene rings is 2. The van der Waals surface area contributed by atoms with Crippen LogP contribution in [0.2, 0.25) is 10.0 Å². The number of rotatable bonds is 3. The molecule has 0 saturated carbocycles. The lowest BCUT2D eigenvalue weighted by Gasteiger charge is -2.35. The van der Waals surface area contributed by atoms with Gasteiger partial charge in [0.1, 0.15) is 0 Å². The van der Waals surface area contributed by atoms with Crippen molar-refractivity contribution >= 4 is 29.1 Å². The van der Waals surface area contributed by atoms with Gasteiger partial charge in [-0.05, 0) is 29.8 Å². The normalized spacial score (nSPS) is 15.4. The lowest BCUT2D eigenvalue weighted by atomic mass is 10.1. The second-order valence-corrected chi connectivity index (χ2v) is 6.73. The zero-order valence-electron chi connectivity index (χ0n) is 13.3. The minimum Gasteiger partial charge on any atom is -0.336 e. The molecule has 0 aliphatic carbocycles. The van der Waals surface area contributed by atoms with Gasteiger partial charge in [-0.2, -0.15) is 0 Å². The summed E-state index contributed by atoms with van der Waals surface area (Å²) in [5, 5.41) is 0.670. The third kappa shape index (κ3) is 4.11. The van der Waals surface area contributed by atoms with Crippen molar-refractivity contribution in [3.8, 4) is 0 Å². The summed E-state index contributed by atoms with van der Waals surface area (Å²) < 4.78 is 26.3. The molecule has 2 aromatic rings. The molecule has 132 valence electrons. The van der Waals surface area contributed by atoms with Crippen molar-refractivity contribution in [2.75, 3.05) is 26.2 Å². The van der Waals surface area contributed by atoms with Crippen LogP contribution >= 0.6 is 23.2 Å². The van der Waals surface area contributed by atoms with Gasteiger partial charge in [-0.15, -0.1) is 0 Å². The summed E-state index contributed by atoms with van der Waals surface area (Å²) >= 11 is 12.2. The lowest BCUT2D eigenvalue weighted by molar-refractivity contribution is 0.0628. The molecule has 0 spiro atoms. The molecule has 0 N–H and O–H groups in total. The Balaban J connectivity index is 1.61. The van der Waals surface area contributed by atoms with Crippen LogP contribution in [0.3, 0.4) is 0 Å². The van der Waals surface area contributed by atoms with E-state index in [2.05, 4.69) is 4.90 Å². The molecule has 0 atom stereocenters. The fraction of sp³-hybridized carbons (Fsp3) is 0.278. The van der Waals surface area contributed by atoms with E-state index in [1.54, 1.807) is 29.2 Å². The van der Waals surface area contributed by atoms with Gasteiger partial charge in [0.05, 0.1) is 15.6 Å². The third-order valence-electron chi connectivity index (χ3n) is 4.23. The Kier molecular flexibility index (Phi) is 5.57. The standard InChI is InChI=1S/C18H16Cl2F2N2O/c19-13-2-1-3-14(20)17(13)18(25)24-8-6-23(7-9-24)11-12-4-5-15(21)16(22)10-12/h1-5,10H,6-9,11H2. The van der Waals surface area contributed by atoms with E-state index in [1.807, 2.05) is 0 Å². The zero-order valence-corrected chi connectivity index (χ0v) is 14.8. The van der Waals surface area contributed by atoms with Gasteiger partial charge in [-0.1, -0.05) is 35.3 Å². The van der Waals surface area contributed by atoms with E-state index in [1.165, 1.54) is 6.07 Å². The molecular formula is C18H16Cl2F2N2O. The third-order valence-corrected chi connectivity index (χ3v) is 4.86. The minimum atomic E-state index is -0.851. The molecule has 7 heteroatoms. The van der Waals surface area contributed by atoms with Gasteiger partial charge in [-0.25, -0.2) is 8.78 Å². The Bertz CT molecular complexity index is 772. The number of piperazine rings is 1. The molecule has 1 amide bonds. The summed E-state index contributed by atoms with van der Waals surface area (Å²) in [6.07, 6.45) is 0. The molecule has 0 bridgehead atoms. The summed E-state index contributed by atoms with van der Waals surface area (Å²) in [4.78, 5) is 16.4. The quantitative estimate of drug-likeness (QED) is 0.790. The van der Waals surface area contributed by atoms with Crippen LogP contribution in [-0.2, 0) is 6.54 Å². The Morgan fingerprint density at radius 3 is 2.20 bits per heavy atom. The Labute approximate surface area is 154 Å². The molecule has 0 unspecified atom stereocenters. The molecule has 3 rings (SSSR count). The highest BCUT2D eigenvalue weighted by Gasteiger charge is 2.25. The summed E-state index contributed by atoms with van der Waals surface area (Å²) in [6, 6.07) is 8.88. The van der Waals surface area contributed by atoms with E-state index in [4.69, 9.17) is 23.2 Å². The first-order chi connectivity index (χ1) is 12.0. The number of hydrogen-bond donors (Lipinski definition) is 0. The molecule has 0 aromatic heterocycles. The zero-order chi connectivity index (χ0) is 18.0. The molecule has 2 aromatic carbocycles. The van der Waals surface area contributed by atoms with Gasteiger partial charge in [-0.3, -0.25) is 9.69 Å². The van der Waals surface area contributed by atoms with Crippen molar-refractivity contribution in [2.45, 2.75) is 6.54 Å². The van der Waals surface area contributed by atoms with Crippen LogP contribution in [0.25, 0.3) is 0 Å². The fourth-order valence-electron chi connectivity index (χ4n) is 2.87. The largest absolute Gasteiger partial charge is 0.336 e. The van der Waals surface area contributed by atoms with Gasteiger partial charge in [0.25, 0.3) is 5.91 Å². The number of nitrogens with zero attached hydrogens (tertiary/aromatic N) is 2. The van der Waals surface area contributed by atoms with Crippen LogP contribution in [-0.4, -0.2) is 41.9 Å². The van der Waals surface area contributed by atoms with E-state index in [0.29, 0.717) is 53.9 Å². The van der Waals surface area contributed by atoms with Gasteiger partial charge < -0.3 is 4.90 Å². The Morgan fingerprint density at radius 2 is 1.60 bits per heavy atom. The molecule has 3 nitrogen and oxygen atoms in total. The van der Waals surface area contributed by atoms with Crippen molar-refractivity contribution in [1.29, 1.82) is 0 Å². The molecule has 1 fully saturated rings. The van der Waals surface area contributed by atoms with Crippen LogP contribution in [0.15, 0.2) is 36.4 Å². The highest BCUT2D eigenvalue weighted by Crippen LogP contribution is 2.26. The number of amides is 1. The Morgan fingerprint density at radius 1 is 0.960 bits per heavy atom. The second kappa shape index (κ2) is 7.68. The van der Waals surface area contributed by atoms with Crippen LogP contribution in [0.5, 0.6) is 0 Å². The number of carbonyl (C=O) groups excluding carboxylic acids is 1. The van der Waals surface area contributed by atoms with E-state index < -0.39 is 11.6 Å². The first kappa shape index (κ1) is 18.1. The molecular weight excluding hydrogens is 369 g/mol. The summed E-state index contributed by atoms with van der Waals surface area (Å²) in [6.45, 7) is 2.81. The lowest BCUT2D eigenvalue weighted by Crippen LogP contribution is -2.48. The summed E-state index contributed by atoms with van der Waals surface area (Å²) in [7, 11) is 0. The van der Waals surface area contributed by atoms with E-state index >= 15 is 0 Å². The topological polar surface area (TPSA) is 23.6 Å². The number of carbonyl (C=O) groups is 1. The van der Waals surface area contributed by atoms with Crippen molar-refractivity contribution in [3.63, 3.8) is 0 Å². The minimum absolute atomic E-state index is 0.192. The monoisotopic (exact) mass is 384 g/mol. The molecule has 1 saturated heterocycles. The SMILES string of the molecule is O=C(c1c(Cl)cccc1Cl)N1CCN(Cc2ccc(F)c(F)c2)CC1. The molecule has 1 aliphatic rings. The van der Waals surface area contributed by atoms with Crippen molar-refractivity contribution in [2.24, 2.45) is 0 Å². The van der Waals surface area contributed by atoms with Crippen LogP contribution in [0, 0.1) is 11.6 Å². The molecule has 1 heterocycles. The first-order valence-electron chi connectivity index (χ1n) is 7.85. The van der Waals surface area contributed by atoms with Crippen molar-refractivity contribution < 1.29 is 13.6 Å². The number of hydrogen-bond acceptors (Lipinski definition) is 2. The van der Waals surface area contributed by atoms with E-state index in [-0.39, 0.29) is 5.91 Å². The van der Waals surface area contributed by atoms with Crippen LogP contribution in [0.4, 0.5) is 8.78 Å². The second-order valence-electron chi connectivity index (χ2n) is 5.91. The van der Waals surface area contributed by atoms with E-state index in [0.717, 1.165) is 6.07 Å². The molecule has 25 heavy (non-hydrogen) atoms. The van der Waals surface area contributed by atoms with E-state index in [9.17, 15) is 13.6 Å². The highest BCUT2D eigenvalue weighted by atomic mass is 35.5. The highest BCUT2D eigenvalue weighted by molar-refractivity contribution is 6.39. The smallest absolute Gasteiger partial charge is 0.256 e. The first-order valence-corrected chi connectivity index (χ1v) is 8.61. The maximum Gasteiger partial charge on any atom is 0.256 e. The van der Waals surface area contributed by atoms with Gasteiger partial charge >= 0.3 is 0 Å². The maximum atomic E-state index is 13.3. The van der Waals surface area contributed by atoms with Crippen molar-refractivity contribution in [1.82, 2.24) is 9.80 Å². The average Bonchev–Trinajstić information content (AvgIpc) is 2.58. The van der Waals surface area contributed by atoms with Gasteiger partial charge in [0, 0.05) is 32.7 Å². The fourth-order valence-corrected chi connectivity index (χ4v) is 3.42. The Hall–Kier alpha value is -1.69. The average molecular weight is 385 g/mol. The summed E-state index contributed by atoms with van der Waals surface area (Å²) in [5.74, 6) is -1.89. The van der Waals surface area contributed by atoms with Crippen LogP contribution < -0.4 is 0 Å². The van der Waals surface area contributed by atoms with Crippen LogP contribution in [0.1, 0.15) is 15.9 Å².